The third kappa shape index (κ3) is 4.47. The Bertz CT molecular complexity index is 759. The van der Waals surface area contributed by atoms with Crippen LogP contribution in [0.2, 0.25) is 0 Å². The van der Waals surface area contributed by atoms with Gasteiger partial charge in [0.2, 0.25) is 5.88 Å². The first-order chi connectivity index (χ1) is 12.7. The van der Waals surface area contributed by atoms with Gasteiger partial charge in [0.1, 0.15) is 11.8 Å². The molecule has 0 aliphatic carbocycles. The molecule has 8 heteroatoms. The van der Waals surface area contributed by atoms with Crippen molar-refractivity contribution in [1.29, 1.82) is 0 Å². The van der Waals surface area contributed by atoms with Gasteiger partial charge in [0.05, 0.1) is 19.3 Å². The fraction of sp³-hybridized carbons (Fsp3) is 0.333. The lowest BCUT2D eigenvalue weighted by Gasteiger charge is -2.19. The van der Waals surface area contributed by atoms with Crippen molar-refractivity contribution in [2.24, 2.45) is 0 Å². The molecule has 1 saturated heterocycles. The molecule has 1 aliphatic rings. The average Bonchev–Trinajstić information content (AvgIpc) is 3.06. The fourth-order valence-electron chi connectivity index (χ4n) is 2.57. The number of hydrogen-bond donors (Lipinski definition) is 2. The van der Waals surface area contributed by atoms with Crippen LogP contribution in [0.4, 0.5) is 14.9 Å². The Morgan fingerprint density at radius 2 is 2.15 bits per heavy atom. The Balaban J connectivity index is 1.66. The Morgan fingerprint density at radius 1 is 1.31 bits per heavy atom. The van der Waals surface area contributed by atoms with Gasteiger partial charge in [-0.3, -0.25) is 0 Å². The summed E-state index contributed by atoms with van der Waals surface area (Å²) in [6.45, 7) is 3.24. The lowest BCUT2D eigenvalue weighted by molar-refractivity contribution is 0.0428. The molecule has 0 radical (unpaired) electrons. The number of carbonyl (C=O) groups excluding carboxylic acids is 1. The second kappa shape index (κ2) is 8.59. The third-order valence-corrected chi connectivity index (χ3v) is 3.79. The van der Waals surface area contributed by atoms with Crippen molar-refractivity contribution >= 4 is 11.7 Å². The summed E-state index contributed by atoms with van der Waals surface area (Å²) < 4.78 is 30.1. The molecule has 1 fully saturated rings. The van der Waals surface area contributed by atoms with Gasteiger partial charge >= 0.3 is 6.03 Å². The van der Waals surface area contributed by atoms with Crippen molar-refractivity contribution in [2.75, 3.05) is 25.1 Å². The number of benzene rings is 1. The van der Waals surface area contributed by atoms with Crippen LogP contribution in [0.25, 0.3) is 0 Å². The van der Waals surface area contributed by atoms with Crippen molar-refractivity contribution in [3.8, 4) is 11.6 Å². The van der Waals surface area contributed by atoms with Crippen LogP contribution in [0, 0.1) is 5.82 Å². The summed E-state index contributed by atoms with van der Waals surface area (Å²) in [7, 11) is 0. The van der Waals surface area contributed by atoms with Crippen molar-refractivity contribution in [3.63, 3.8) is 0 Å². The number of hydrogen-bond acceptors (Lipinski definition) is 5. The zero-order chi connectivity index (χ0) is 18.4. The minimum absolute atomic E-state index is 0.0234. The minimum Gasteiger partial charge on any atom is -0.434 e. The van der Waals surface area contributed by atoms with E-state index < -0.39 is 11.8 Å². The highest BCUT2D eigenvalue weighted by atomic mass is 19.1. The number of anilines is 1. The van der Waals surface area contributed by atoms with E-state index in [1.807, 2.05) is 6.92 Å². The first-order valence-corrected chi connectivity index (χ1v) is 8.31. The number of halogens is 1. The van der Waals surface area contributed by atoms with Gasteiger partial charge in [-0.1, -0.05) is 12.1 Å². The smallest absolute Gasteiger partial charge is 0.319 e. The molecule has 2 aromatic rings. The predicted molar refractivity (Wildman–Crippen MR) is 92.9 cm³/mol. The van der Waals surface area contributed by atoms with E-state index in [2.05, 4.69) is 15.6 Å². The highest BCUT2D eigenvalue weighted by molar-refractivity contribution is 5.90. The highest BCUT2D eigenvalue weighted by Crippen LogP contribution is 2.28. The summed E-state index contributed by atoms with van der Waals surface area (Å²) in [6.07, 6.45) is 1.31. The second-order valence-electron chi connectivity index (χ2n) is 5.62. The molecule has 1 aromatic carbocycles. The summed E-state index contributed by atoms with van der Waals surface area (Å²) >= 11 is 0. The molecule has 2 heterocycles. The Kier molecular flexibility index (Phi) is 5.98. The van der Waals surface area contributed by atoms with Crippen LogP contribution < -0.4 is 15.4 Å². The SMILES string of the molecule is CCO[C@H]1COC[C@@H]1NC(=O)Nc1cccnc1Oc1ccccc1F. The molecule has 26 heavy (non-hydrogen) atoms. The predicted octanol–water partition coefficient (Wildman–Crippen LogP) is 2.94. The molecular formula is C18H20FN3O4. The fourth-order valence-corrected chi connectivity index (χ4v) is 2.57. The maximum Gasteiger partial charge on any atom is 0.319 e. The van der Waals surface area contributed by atoms with Crippen LogP contribution in [-0.2, 0) is 9.47 Å². The van der Waals surface area contributed by atoms with Gasteiger partial charge in [0.25, 0.3) is 0 Å². The largest absolute Gasteiger partial charge is 0.434 e. The van der Waals surface area contributed by atoms with Crippen molar-refractivity contribution < 1.29 is 23.4 Å². The molecule has 7 nitrogen and oxygen atoms in total. The van der Waals surface area contributed by atoms with E-state index in [1.54, 1.807) is 24.3 Å². The molecule has 3 rings (SSSR count). The Morgan fingerprint density at radius 3 is 2.96 bits per heavy atom. The van der Waals surface area contributed by atoms with Gasteiger partial charge in [-0.25, -0.2) is 14.2 Å². The number of rotatable bonds is 6. The van der Waals surface area contributed by atoms with E-state index in [-0.39, 0.29) is 23.8 Å². The Labute approximate surface area is 150 Å². The molecule has 2 N–H and O–H groups in total. The number of urea groups is 1. The number of pyridine rings is 1. The third-order valence-electron chi connectivity index (χ3n) is 3.79. The van der Waals surface area contributed by atoms with E-state index in [1.165, 1.54) is 18.3 Å². The van der Waals surface area contributed by atoms with Crippen LogP contribution in [0.5, 0.6) is 11.6 Å². The molecule has 0 spiro atoms. The van der Waals surface area contributed by atoms with Gasteiger partial charge in [-0.2, -0.15) is 0 Å². The molecule has 138 valence electrons. The van der Waals surface area contributed by atoms with Crippen LogP contribution in [-0.4, -0.2) is 43.0 Å². The molecule has 0 bridgehead atoms. The summed E-state index contributed by atoms with van der Waals surface area (Å²) in [5.74, 6) is -0.400. The van der Waals surface area contributed by atoms with Gasteiger partial charge < -0.3 is 24.8 Å². The number of amides is 2. The van der Waals surface area contributed by atoms with Crippen molar-refractivity contribution in [3.05, 3.63) is 48.4 Å². The first kappa shape index (κ1) is 18.1. The average molecular weight is 361 g/mol. The summed E-state index contributed by atoms with van der Waals surface area (Å²) in [4.78, 5) is 16.4. The number of carbonyl (C=O) groups is 1. The molecule has 0 saturated carbocycles. The minimum atomic E-state index is -0.517. The number of para-hydroxylation sites is 1. The first-order valence-electron chi connectivity index (χ1n) is 8.31. The van der Waals surface area contributed by atoms with E-state index in [9.17, 15) is 9.18 Å². The summed E-state index contributed by atoms with van der Waals surface area (Å²) in [5.41, 5.74) is 0.320. The van der Waals surface area contributed by atoms with Crippen LogP contribution in [0.3, 0.4) is 0 Å². The van der Waals surface area contributed by atoms with Gasteiger partial charge in [-0.15, -0.1) is 0 Å². The zero-order valence-electron chi connectivity index (χ0n) is 14.3. The molecule has 1 aromatic heterocycles. The number of aromatic nitrogens is 1. The molecule has 1 aliphatic heterocycles. The number of ether oxygens (including phenoxy) is 3. The topological polar surface area (TPSA) is 81.7 Å². The van der Waals surface area contributed by atoms with Gasteiger partial charge in [0, 0.05) is 12.8 Å². The quantitative estimate of drug-likeness (QED) is 0.827. The van der Waals surface area contributed by atoms with Crippen LogP contribution >= 0.6 is 0 Å². The van der Waals surface area contributed by atoms with Crippen molar-refractivity contribution in [2.45, 2.75) is 19.1 Å². The monoisotopic (exact) mass is 361 g/mol. The molecule has 0 unspecified atom stereocenters. The lowest BCUT2D eigenvalue weighted by atomic mass is 10.2. The molecule has 2 atom stereocenters. The van der Waals surface area contributed by atoms with Crippen molar-refractivity contribution in [1.82, 2.24) is 10.3 Å². The van der Waals surface area contributed by atoms with Crippen LogP contribution in [0.15, 0.2) is 42.6 Å². The number of nitrogens with one attached hydrogen (secondary N) is 2. The van der Waals surface area contributed by atoms with E-state index in [4.69, 9.17) is 14.2 Å². The van der Waals surface area contributed by atoms with Gasteiger partial charge in [-0.05, 0) is 31.2 Å². The summed E-state index contributed by atoms with van der Waals surface area (Å²) in [5, 5.41) is 5.48. The highest BCUT2D eigenvalue weighted by Gasteiger charge is 2.30. The van der Waals surface area contributed by atoms with Gasteiger partial charge in [0.15, 0.2) is 11.6 Å². The molecule has 2 amide bonds. The van der Waals surface area contributed by atoms with E-state index >= 15 is 0 Å². The molecular weight excluding hydrogens is 341 g/mol. The second-order valence-corrected chi connectivity index (χ2v) is 5.62. The maximum atomic E-state index is 13.8. The maximum absolute atomic E-state index is 13.8. The number of nitrogens with zero attached hydrogens (tertiary/aromatic N) is 1. The van der Waals surface area contributed by atoms with E-state index in [0.717, 1.165) is 0 Å². The lowest BCUT2D eigenvalue weighted by Crippen LogP contribution is -2.45. The normalized spacial score (nSPS) is 19.2. The zero-order valence-corrected chi connectivity index (χ0v) is 14.3. The Hall–Kier alpha value is -2.71. The summed E-state index contributed by atoms with van der Waals surface area (Å²) in [6, 6.07) is 8.54. The van der Waals surface area contributed by atoms with E-state index in [0.29, 0.717) is 25.5 Å². The van der Waals surface area contributed by atoms with Crippen LogP contribution in [0.1, 0.15) is 6.92 Å². The standard InChI is InChI=1S/C18H20FN3O4/c1-2-25-16-11-24-10-14(16)22-18(23)21-13-7-5-9-20-17(13)26-15-8-4-3-6-12(15)19/h3-9,14,16H,2,10-11H2,1H3,(H2,21,22,23)/t14-,16-/m0/s1.